The summed E-state index contributed by atoms with van der Waals surface area (Å²) in [4.78, 5) is 0.0132. The van der Waals surface area contributed by atoms with Crippen LogP contribution in [0.3, 0.4) is 0 Å². The lowest BCUT2D eigenvalue weighted by molar-refractivity contribution is 0.569. The van der Waals surface area contributed by atoms with E-state index in [0.29, 0.717) is 24.0 Å². The quantitative estimate of drug-likeness (QED) is 0.899. The van der Waals surface area contributed by atoms with E-state index in [1.165, 1.54) is 13.8 Å². The highest BCUT2D eigenvalue weighted by atomic mass is 32.2. The first-order chi connectivity index (χ1) is 9.63. The Balaban J connectivity index is 2.24. The van der Waals surface area contributed by atoms with Gasteiger partial charge >= 0.3 is 0 Å². The highest BCUT2D eigenvalue weighted by molar-refractivity contribution is 7.92. The van der Waals surface area contributed by atoms with Crippen LogP contribution >= 0.6 is 0 Å². The summed E-state index contributed by atoms with van der Waals surface area (Å²) in [6.07, 6.45) is 1.02. The third kappa shape index (κ3) is 3.44. The summed E-state index contributed by atoms with van der Waals surface area (Å²) in [5.41, 5.74) is 0.601. The van der Waals surface area contributed by atoms with Gasteiger partial charge in [0.1, 0.15) is 5.82 Å². The van der Waals surface area contributed by atoms with E-state index in [2.05, 4.69) is 4.72 Å². The molecule has 0 aromatic heterocycles. The van der Waals surface area contributed by atoms with Gasteiger partial charge in [0.15, 0.2) is 9.84 Å². The van der Waals surface area contributed by atoms with Crippen LogP contribution in [0.4, 0.5) is 4.39 Å². The second-order valence-electron chi connectivity index (χ2n) is 5.35. The first kappa shape index (κ1) is 16.4. The molecule has 1 heterocycles. The summed E-state index contributed by atoms with van der Waals surface area (Å²) in [6.45, 7) is 2.88. The maximum absolute atomic E-state index is 13.2. The van der Waals surface area contributed by atoms with E-state index in [4.69, 9.17) is 0 Å². The molecule has 0 radical (unpaired) electrons. The molecule has 0 amide bonds. The monoisotopic (exact) mass is 335 g/mol. The van der Waals surface area contributed by atoms with Crippen LogP contribution in [0.1, 0.15) is 24.0 Å². The van der Waals surface area contributed by atoms with Crippen molar-refractivity contribution in [3.8, 4) is 0 Å². The van der Waals surface area contributed by atoms with Crippen molar-refractivity contribution in [2.75, 3.05) is 12.3 Å². The topological polar surface area (TPSA) is 80.3 Å². The molecule has 1 fully saturated rings. The molecular weight excluding hydrogens is 317 g/mol. The molecule has 1 aliphatic rings. The maximum Gasteiger partial charge on any atom is 0.241 e. The number of rotatable bonds is 4. The fourth-order valence-corrected chi connectivity index (χ4v) is 6.09. The summed E-state index contributed by atoms with van der Waals surface area (Å²) in [5.74, 6) is -0.393. The number of aryl methyl sites for hydroxylation is 2. The van der Waals surface area contributed by atoms with Gasteiger partial charge in [0.05, 0.1) is 15.9 Å². The number of sulfone groups is 1. The van der Waals surface area contributed by atoms with E-state index in [9.17, 15) is 21.2 Å². The number of hydrogen-bond acceptors (Lipinski definition) is 4. The summed E-state index contributed by atoms with van der Waals surface area (Å²) in [5, 5.41) is -0.673. The lowest BCUT2D eigenvalue weighted by Crippen LogP contribution is -2.35. The first-order valence-electron chi connectivity index (χ1n) is 6.61. The first-order valence-corrected chi connectivity index (χ1v) is 9.81. The standard InChI is InChI=1S/C13H18FNO4S2/c1-9-6-11(14)7-10(2)13(9)21(18,19)15-8-12-4-3-5-20(12,16)17/h6-7,12,15H,3-5,8H2,1-2H3. The normalized spacial score (nSPS) is 21.6. The molecule has 0 spiro atoms. The van der Waals surface area contributed by atoms with Crippen LogP contribution in [0.2, 0.25) is 0 Å². The number of benzene rings is 1. The Morgan fingerprint density at radius 3 is 2.33 bits per heavy atom. The summed E-state index contributed by atoms with van der Waals surface area (Å²) < 4.78 is 63.6. The minimum Gasteiger partial charge on any atom is -0.229 e. The van der Waals surface area contributed by atoms with Crippen molar-refractivity contribution in [1.29, 1.82) is 0 Å². The molecule has 5 nitrogen and oxygen atoms in total. The fraction of sp³-hybridized carbons (Fsp3) is 0.538. The predicted molar refractivity (Wildman–Crippen MR) is 77.9 cm³/mol. The Morgan fingerprint density at radius 1 is 1.29 bits per heavy atom. The van der Waals surface area contributed by atoms with Gasteiger partial charge in [0, 0.05) is 6.54 Å². The Labute approximate surface area is 124 Å². The van der Waals surface area contributed by atoms with Gasteiger partial charge in [-0.25, -0.2) is 25.9 Å². The van der Waals surface area contributed by atoms with Crippen LogP contribution in [0, 0.1) is 19.7 Å². The number of halogens is 1. The van der Waals surface area contributed by atoms with Gasteiger partial charge in [-0.15, -0.1) is 0 Å². The third-order valence-corrected chi connectivity index (χ3v) is 7.66. The average Bonchev–Trinajstić information content (AvgIpc) is 2.64. The van der Waals surface area contributed by atoms with Crippen LogP contribution in [0.25, 0.3) is 0 Å². The Bertz CT molecular complexity index is 733. The molecule has 1 aromatic rings. The highest BCUT2D eigenvalue weighted by Crippen LogP contribution is 2.23. The van der Waals surface area contributed by atoms with Crippen LogP contribution in [0.15, 0.2) is 17.0 Å². The van der Waals surface area contributed by atoms with Crippen molar-refractivity contribution in [1.82, 2.24) is 4.72 Å². The molecule has 2 rings (SSSR count). The Kier molecular flexibility index (Phi) is 4.41. The van der Waals surface area contributed by atoms with Crippen molar-refractivity contribution < 1.29 is 21.2 Å². The van der Waals surface area contributed by atoms with E-state index in [1.54, 1.807) is 0 Å². The van der Waals surface area contributed by atoms with E-state index in [1.807, 2.05) is 0 Å². The molecular formula is C13H18FNO4S2. The van der Waals surface area contributed by atoms with Gasteiger partial charge in [-0.05, 0) is 49.9 Å². The van der Waals surface area contributed by atoms with Crippen molar-refractivity contribution in [3.05, 3.63) is 29.1 Å². The van der Waals surface area contributed by atoms with Crippen molar-refractivity contribution in [2.45, 2.75) is 36.8 Å². The van der Waals surface area contributed by atoms with Crippen LogP contribution in [-0.4, -0.2) is 34.4 Å². The molecule has 1 aliphatic heterocycles. The van der Waals surface area contributed by atoms with Crippen LogP contribution in [0.5, 0.6) is 0 Å². The Hall–Kier alpha value is -0.990. The molecule has 21 heavy (non-hydrogen) atoms. The van der Waals surface area contributed by atoms with E-state index in [-0.39, 0.29) is 17.2 Å². The second kappa shape index (κ2) is 5.66. The molecule has 1 N–H and O–H groups in total. The van der Waals surface area contributed by atoms with Gasteiger partial charge in [0.25, 0.3) is 0 Å². The molecule has 0 bridgehead atoms. The average molecular weight is 335 g/mol. The maximum atomic E-state index is 13.2. The van der Waals surface area contributed by atoms with E-state index < -0.39 is 30.9 Å². The van der Waals surface area contributed by atoms with Crippen molar-refractivity contribution in [3.63, 3.8) is 0 Å². The zero-order valence-corrected chi connectivity index (χ0v) is 13.5. The van der Waals surface area contributed by atoms with Gasteiger partial charge in [-0.2, -0.15) is 0 Å². The summed E-state index contributed by atoms with van der Waals surface area (Å²) in [7, 11) is -7.06. The molecule has 118 valence electrons. The van der Waals surface area contributed by atoms with E-state index >= 15 is 0 Å². The molecule has 1 saturated heterocycles. The van der Waals surface area contributed by atoms with Crippen LogP contribution in [-0.2, 0) is 19.9 Å². The van der Waals surface area contributed by atoms with Crippen molar-refractivity contribution >= 4 is 19.9 Å². The fourth-order valence-electron chi connectivity index (χ4n) is 2.68. The lowest BCUT2D eigenvalue weighted by atomic mass is 10.1. The lowest BCUT2D eigenvalue weighted by Gasteiger charge is -2.14. The SMILES string of the molecule is Cc1cc(F)cc(C)c1S(=O)(=O)NCC1CCCS1(=O)=O. The van der Waals surface area contributed by atoms with Gasteiger partial charge in [-0.3, -0.25) is 0 Å². The largest absolute Gasteiger partial charge is 0.241 e. The molecule has 8 heteroatoms. The van der Waals surface area contributed by atoms with Gasteiger partial charge < -0.3 is 0 Å². The minimum absolute atomic E-state index is 0.0132. The minimum atomic E-state index is -3.86. The molecule has 1 atom stereocenters. The number of nitrogens with one attached hydrogen (secondary N) is 1. The van der Waals surface area contributed by atoms with E-state index in [0.717, 1.165) is 12.1 Å². The highest BCUT2D eigenvalue weighted by Gasteiger charge is 2.32. The summed E-state index contributed by atoms with van der Waals surface area (Å²) >= 11 is 0. The van der Waals surface area contributed by atoms with Gasteiger partial charge in [0.2, 0.25) is 10.0 Å². The second-order valence-corrected chi connectivity index (χ2v) is 9.46. The number of sulfonamides is 1. The molecule has 1 unspecified atom stereocenters. The molecule has 0 aliphatic carbocycles. The molecule has 0 saturated carbocycles. The number of hydrogen-bond donors (Lipinski definition) is 1. The zero-order valence-electron chi connectivity index (χ0n) is 11.9. The Morgan fingerprint density at radius 2 is 1.86 bits per heavy atom. The van der Waals surface area contributed by atoms with Gasteiger partial charge in [-0.1, -0.05) is 0 Å². The van der Waals surface area contributed by atoms with Crippen molar-refractivity contribution in [2.24, 2.45) is 0 Å². The summed E-state index contributed by atoms with van der Waals surface area (Å²) in [6, 6.07) is 2.29. The predicted octanol–water partition coefficient (Wildman–Crippen LogP) is 1.30. The van der Waals surface area contributed by atoms with Crippen LogP contribution < -0.4 is 4.72 Å². The smallest absolute Gasteiger partial charge is 0.229 e. The molecule has 1 aromatic carbocycles. The third-order valence-electron chi connectivity index (χ3n) is 3.66. The zero-order chi connectivity index (χ0) is 15.8.